The van der Waals surface area contributed by atoms with Crippen molar-refractivity contribution in [3.05, 3.63) is 0 Å². The van der Waals surface area contributed by atoms with Crippen LogP contribution in [0.5, 0.6) is 0 Å². The van der Waals surface area contributed by atoms with E-state index >= 15 is 0 Å². The Bertz CT molecular complexity index is 260. The van der Waals surface area contributed by atoms with Gasteiger partial charge < -0.3 is 15.5 Å². The fraction of sp³-hybridized carbons (Fsp3) is 0.923. The summed E-state index contributed by atoms with van der Waals surface area (Å²) in [4.78, 5) is 13.8. The minimum Gasteiger partial charge on any atom is -0.358 e. The summed E-state index contributed by atoms with van der Waals surface area (Å²) in [5.41, 5.74) is 0.221. The predicted octanol–water partition coefficient (Wildman–Crippen LogP) is 0.973. The van der Waals surface area contributed by atoms with E-state index < -0.39 is 0 Å². The maximum absolute atomic E-state index is 11.5. The van der Waals surface area contributed by atoms with Gasteiger partial charge in [0.2, 0.25) is 5.91 Å². The first-order valence-corrected chi connectivity index (χ1v) is 6.53. The second kappa shape index (κ2) is 5.83. The van der Waals surface area contributed by atoms with Gasteiger partial charge in [0.1, 0.15) is 0 Å². The number of carbonyl (C=O) groups is 1. The fourth-order valence-electron chi connectivity index (χ4n) is 2.11. The number of likely N-dealkylation sites (N-methyl/N-ethyl adjacent to an activating group) is 1. The highest BCUT2D eigenvalue weighted by atomic mass is 16.2. The Morgan fingerprint density at radius 2 is 2.06 bits per heavy atom. The van der Waals surface area contributed by atoms with Crippen LogP contribution < -0.4 is 10.6 Å². The molecule has 4 heteroatoms. The molecule has 1 saturated heterocycles. The first-order chi connectivity index (χ1) is 7.84. The molecule has 1 amide bonds. The molecular weight excluding hydrogens is 214 g/mol. The van der Waals surface area contributed by atoms with Gasteiger partial charge in [-0.1, -0.05) is 0 Å². The van der Waals surface area contributed by atoms with Gasteiger partial charge in [0.25, 0.3) is 0 Å². The van der Waals surface area contributed by atoms with Crippen molar-refractivity contribution in [1.29, 1.82) is 0 Å². The second-order valence-electron chi connectivity index (χ2n) is 5.99. The Hall–Kier alpha value is -0.610. The van der Waals surface area contributed by atoms with Gasteiger partial charge in [0, 0.05) is 18.6 Å². The topological polar surface area (TPSA) is 44.4 Å². The standard InChI is InChI=1S/C13H27N3O/c1-13(2,3)16(5)9-8-10-6-7-11(15-10)12(17)14-4/h10-11,15H,6-9H2,1-5H3,(H,14,17). The summed E-state index contributed by atoms with van der Waals surface area (Å²) in [5, 5.41) is 6.11. The van der Waals surface area contributed by atoms with E-state index in [1.807, 2.05) is 0 Å². The molecule has 0 saturated carbocycles. The van der Waals surface area contributed by atoms with E-state index in [4.69, 9.17) is 0 Å². The van der Waals surface area contributed by atoms with E-state index in [2.05, 4.69) is 43.4 Å². The first-order valence-electron chi connectivity index (χ1n) is 6.53. The molecule has 0 spiro atoms. The number of carbonyl (C=O) groups excluding carboxylic acids is 1. The minimum atomic E-state index is 0.0185. The zero-order chi connectivity index (χ0) is 13.1. The normalized spacial score (nSPS) is 25.3. The lowest BCUT2D eigenvalue weighted by molar-refractivity contribution is -0.122. The predicted molar refractivity (Wildman–Crippen MR) is 71.0 cm³/mol. The van der Waals surface area contributed by atoms with Gasteiger partial charge >= 0.3 is 0 Å². The molecule has 0 bridgehead atoms. The van der Waals surface area contributed by atoms with Crippen molar-refractivity contribution < 1.29 is 4.79 Å². The Labute approximate surface area is 105 Å². The molecule has 0 radical (unpaired) electrons. The van der Waals surface area contributed by atoms with Crippen molar-refractivity contribution in [3.8, 4) is 0 Å². The molecule has 0 aromatic carbocycles. The third-order valence-electron chi connectivity index (χ3n) is 3.76. The average molecular weight is 241 g/mol. The summed E-state index contributed by atoms with van der Waals surface area (Å²) in [6.45, 7) is 7.74. The van der Waals surface area contributed by atoms with Crippen LogP contribution in [0.2, 0.25) is 0 Å². The molecule has 17 heavy (non-hydrogen) atoms. The van der Waals surface area contributed by atoms with Crippen molar-refractivity contribution in [3.63, 3.8) is 0 Å². The fourth-order valence-corrected chi connectivity index (χ4v) is 2.11. The molecule has 1 aliphatic heterocycles. The second-order valence-corrected chi connectivity index (χ2v) is 5.99. The molecule has 2 N–H and O–H groups in total. The third kappa shape index (κ3) is 4.28. The van der Waals surface area contributed by atoms with Crippen molar-refractivity contribution in [1.82, 2.24) is 15.5 Å². The molecule has 2 unspecified atom stereocenters. The summed E-state index contributed by atoms with van der Waals surface area (Å²) < 4.78 is 0. The molecule has 1 fully saturated rings. The minimum absolute atomic E-state index is 0.0185. The SMILES string of the molecule is CNC(=O)C1CCC(CCN(C)C(C)(C)C)N1. The van der Waals surface area contributed by atoms with Crippen LogP contribution in [0, 0.1) is 0 Å². The van der Waals surface area contributed by atoms with Gasteiger partial charge in [-0.05, 0) is 53.6 Å². The summed E-state index contributed by atoms with van der Waals surface area (Å²) in [6, 6.07) is 0.507. The number of rotatable bonds is 4. The lowest BCUT2D eigenvalue weighted by atomic mass is 10.1. The monoisotopic (exact) mass is 241 g/mol. The van der Waals surface area contributed by atoms with Gasteiger partial charge in [-0.25, -0.2) is 0 Å². The Balaban J connectivity index is 2.29. The summed E-state index contributed by atoms with van der Waals surface area (Å²) in [6.07, 6.45) is 3.18. The van der Waals surface area contributed by atoms with E-state index in [0.717, 1.165) is 25.8 Å². The molecule has 0 aromatic heterocycles. The Morgan fingerprint density at radius 1 is 1.41 bits per heavy atom. The van der Waals surface area contributed by atoms with Crippen LogP contribution in [0.25, 0.3) is 0 Å². The number of nitrogens with zero attached hydrogens (tertiary/aromatic N) is 1. The van der Waals surface area contributed by atoms with Gasteiger partial charge in [-0.3, -0.25) is 4.79 Å². The van der Waals surface area contributed by atoms with Crippen molar-refractivity contribution in [2.45, 2.75) is 57.7 Å². The van der Waals surface area contributed by atoms with Gasteiger partial charge in [0.05, 0.1) is 6.04 Å². The lowest BCUT2D eigenvalue weighted by Gasteiger charge is -2.32. The third-order valence-corrected chi connectivity index (χ3v) is 3.76. The van der Waals surface area contributed by atoms with Gasteiger partial charge in [-0.2, -0.15) is 0 Å². The molecule has 4 nitrogen and oxygen atoms in total. The molecule has 2 atom stereocenters. The Kier molecular flexibility index (Phi) is 4.95. The van der Waals surface area contributed by atoms with Gasteiger partial charge in [-0.15, -0.1) is 0 Å². The highest BCUT2D eigenvalue weighted by Crippen LogP contribution is 2.17. The molecule has 1 aliphatic rings. The van der Waals surface area contributed by atoms with Crippen LogP contribution in [0.4, 0.5) is 0 Å². The number of hydrogen-bond acceptors (Lipinski definition) is 3. The highest BCUT2D eigenvalue weighted by Gasteiger charge is 2.28. The first kappa shape index (κ1) is 14.5. The molecule has 1 heterocycles. The summed E-state index contributed by atoms with van der Waals surface area (Å²) >= 11 is 0. The number of hydrogen-bond donors (Lipinski definition) is 2. The molecule has 1 rings (SSSR count). The summed E-state index contributed by atoms with van der Waals surface area (Å²) in [7, 11) is 3.86. The quantitative estimate of drug-likeness (QED) is 0.771. The maximum Gasteiger partial charge on any atom is 0.236 e. The van der Waals surface area contributed by atoms with Crippen LogP contribution in [-0.2, 0) is 4.79 Å². The van der Waals surface area contributed by atoms with Crippen molar-refractivity contribution in [2.24, 2.45) is 0 Å². The maximum atomic E-state index is 11.5. The molecule has 100 valence electrons. The van der Waals surface area contributed by atoms with Crippen LogP contribution in [0.15, 0.2) is 0 Å². The van der Waals surface area contributed by atoms with Crippen LogP contribution in [-0.4, -0.2) is 49.1 Å². The van der Waals surface area contributed by atoms with E-state index in [1.165, 1.54) is 0 Å². The van der Waals surface area contributed by atoms with Gasteiger partial charge in [0.15, 0.2) is 0 Å². The molecule has 0 aromatic rings. The average Bonchev–Trinajstić information content (AvgIpc) is 2.72. The smallest absolute Gasteiger partial charge is 0.236 e. The lowest BCUT2D eigenvalue weighted by Crippen LogP contribution is -2.43. The van der Waals surface area contributed by atoms with E-state index in [0.29, 0.717) is 6.04 Å². The van der Waals surface area contributed by atoms with Crippen LogP contribution >= 0.6 is 0 Å². The van der Waals surface area contributed by atoms with E-state index in [9.17, 15) is 4.79 Å². The van der Waals surface area contributed by atoms with E-state index in [-0.39, 0.29) is 17.5 Å². The van der Waals surface area contributed by atoms with Crippen molar-refractivity contribution in [2.75, 3.05) is 20.6 Å². The summed E-state index contributed by atoms with van der Waals surface area (Å²) in [5.74, 6) is 0.122. The highest BCUT2D eigenvalue weighted by molar-refractivity contribution is 5.81. The zero-order valence-corrected chi connectivity index (χ0v) is 11.8. The number of amides is 1. The van der Waals surface area contributed by atoms with Crippen molar-refractivity contribution >= 4 is 5.91 Å². The largest absolute Gasteiger partial charge is 0.358 e. The number of nitrogens with one attached hydrogen (secondary N) is 2. The molecule has 0 aliphatic carbocycles. The van der Waals surface area contributed by atoms with Crippen LogP contribution in [0.1, 0.15) is 40.0 Å². The van der Waals surface area contributed by atoms with Crippen LogP contribution in [0.3, 0.4) is 0 Å². The Morgan fingerprint density at radius 3 is 2.59 bits per heavy atom. The van der Waals surface area contributed by atoms with E-state index in [1.54, 1.807) is 7.05 Å². The zero-order valence-electron chi connectivity index (χ0n) is 11.8. The molecular formula is C13H27N3O.